The minimum atomic E-state index is -2.95. The van der Waals surface area contributed by atoms with Crippen LogP contribution in [0.15, 0.2) is 18.5 Å². The van der Waals surface area contributed by atoms with Gasteiger partial charge in [-0.1, -0.05) is 0 Å². The van der Waals surface area contributed by atoms with Crippen LogP contribution in [0.4, 0.5) is 5.69 Å². The molecule has 0 unspecified atom stereocenters. The van der Waals surface area contributed by atoms with E-state index in [-0.39, 0.29) is 11.3 Å². The van der Waals surface area contributed by atoms with Crippen molar-refractivity contribution >= 4 is 15.5 Å². The lowest BCUT2D eigenvalue weighted by atomic mass is 10.1. The molecule has 5 nitrogen and oxygen atoms in total. The highest BCUT2D eigenvalue weighted by Crippen LogP contribution is 2.18. The summed E-state index contributed by atoms with van der Waals surface area (Å²) >= 11 is 0. The lowest BCUT2D eigenvalue weighted by Gasteiger charge is -2.25. The SMILES string of the molecule is CN(CCS(C)(=O)=O)c1cnccc1CNC(C)(C)C. The summed E-state index contributed by atoms with van der Waals surface area (Å²) in [6, 6.07) is 1.96. The first-order valence-corrected chi connectivity index (χ1v) is 8.71. The lowest BCUT2D eigenvalue weighted by Crippen LogP contribution is -2.35. The number of anilines is 1. The Kier molecular flexibility index (Phi) is 5.53. The molecule has 0 aliphatic rings. The second-order valence-electron chi connectivity index (χ2n) is 6.16. The van der Waals surface area contributed by atoms with E-state index in [0.717, 1.165) is 17.8 Å². The number of pyridine rings is 1. The molecule has 114 valence electrons. The van der Waals surface area contributed by atoms with Gasteiger partial charge in [0.2, 0.25) is 0 Å². The molecule has 0 atom stereocenters. The first kappa shape index (κ1) is 16.9. The molecule has 1 aromatic rings. The highest BCUT2D eigenvalue weighted by Gasteiger charge is 2.13. The summed E-state index contributed by atoms with van der Waals surface area (Å²) in [5.41, 5.74) is 2.12. The fourth-order valence-corrected chi connectivity index (χ4v) is 2.30. The van der Waals surface area contributed by atoms with Gasteiger partial charge >= 0.3 is 0 Å². The third kappa shape index (κ3) is 6.34. The molecule has 0 spiro atoms. The van der Waals surface area contributed by atoms with E-state index in [0.29, 0.717) is 6.54 Å². The van der Waals surface area contributed by atoms with Crippen molar-refractivity contribution in [2.24, 2.45) is 0 Å². The Morgan fingerprint density at radius 1 is 1.35 bits per heavy atom. The Hall–Kier alpha value is -1.14. The largest absolute Gasteiger partial charge is 0.372 e. The number of aromatic nitrogens is 1. The van der Waals surface area contributed by atoms with Gasteiger partial charge < -0.3 is 10.2 Å². The maximum atomic E-state index is 11.3. The molecule has 0 amide bonds. The molecule has 0 aromatic carbocycles. The van der Waals surface area contributed by atoms with Crippen molar-refractivity contribution in [2.75, 3.05) is 30.5 Å². The van der Waals surface area contributed by atoms with Gasteiger partial charge in [-0.15, -0.1) is 0 Å². The lowest BCUT2D eigenvalue weighted by molar-refractivity contribution is 0.424. The third-order valence-electron chi connectivity index (χ3n) is 2.91. The summed E-state index contributed by atoms with van der Waals surface area (Å²) in [6.07, 6.45) is 4.79. The molecule has 0 bridgehead atoms. The van der Waals surface area contributed by atoms with E-state index in [1.165, 1.54) is 6.26 Å². The van der Waals surface area contributed by atoms with Crippen molar-refractivity contribution in [1.29, 1.82) is 0 Å². The van der Waals surface area contributed by atoms with Crippen molar-refractivity contribution in [3.63, 3.8) is 0 Å². The third-order valence-corrected chi connectivity index (χ3v) is 3.83. The van der Waals surface area contributed by atoms with Crippen molar-refractivity contribution in [1.82, 2.24) is 10.3 Å². The number of nitrogens with one attached hydrogen (secondary N) is 1. The van der Waals surface area contributed by atoms with Crippen LogP contribution in [0.5, 0.6) is 0 Å². The summed E-state index contributed by atoms with van der Waals surface area (Å²) in [4.78, 5) is 6.07. The van der Waals surface area contributed by atoms with Crippen LogP contribution in [0.3, 0.4) is 0 Å². The molecule has 6 heteroatoms. The molecule has 0 aliphatic carbocycles. The van der Waals surface area contributed by atoms with Gasteiger partial charge in [0, 0.05) is 38.1 Å². The Bertz CT molecular complexity index is 536. The topological polar surface area (TPSA) is 62.3 Å². The fourth-order valence-electron chi connectivity index (χ4n) is 1.69. The van der Waals surface area contributed by atoms with Crippen molar-refractivity contribution in [3.05, 3.63) is 24.0 Å². The first-order chi connectivity index (χ1) is 9.08. The van der Waals surface area contributed by atoms with Gasteiger partial charge in [-0.2, -0.15) is 0 Å². The van der Waals surface area contributed by atoms with Crippen LogP contribution in [0, 0.1) is 0 Å². The molecular weight excluding hydrogens is 274 g/mol. The highest BCUT2D eigenvalue weighted by atomic mass is 32.2. The Morgan fingerprint density at radius 3 is 2.55 bits per heavy atom. The summed E-state index contributed by atoms with van der Waals surface area (Å²) in [6.45, 7) is 7.53. The van der Waals surface area contributed by atoms with Crippen molar-refractivity contribution in [2.45, 2.75) is 32.9 Å². The predicted octanol–water partition coefficient (Wildman–Crippen LogP) is 1.45. The number of hydrogen-bond donors (Lipinski definition) is 1. The summed E-state index contributed by atoms with van der Waals surface area (Å²) in [5, 5.41) is 3.43. The van der Waals surface area contributed by atoms with E-state index in [9.17, 15) is 8.42 Å². The molecule has 20 heavy (non-hydrogen) atoms. The van der Waals surface area contributed by atoms with Crippen LogP contribution in [-0.4, -0.2) is 44.5 Å². The van der Waals surface area contributed by atoms with Gasteiger partial charge in [-0.25, -0.2) is 8.42 Å². The average molecular weight is 299 g/mol. The Balaban J connectivity index is 2.79. The minimum absolute atomic E-state index is 0.0336. The summed E-state index contributed by atoms with van der Waals surface area (Å²) < 4.78 is 22.5. The van der Waals surface area contributed by atoms with Crippen LogP contribution >= 0.6 is 0 Å². The van der Waals surface area contributed by atoms with Gasteiger partial charge in [0.1, 0.15) is 9.84 Å². The Morgan fingerprint density at radius 2 is 2.00 bits per heavy atom. The maximum absolute atomic E-state index is 11.3. The maximum Gasteiger partial charge on any atom is 0.149 e. The number of rotatable bonds is 6. The second kappa shape index (κ2) is 6.54. The molecular formula is C14H25N3O2S. The van der Waals surface area contributed by atoms with Crippen LogP contribution in [0.1, 0.15) is 26.3 Å². The zero-order valence-corrected chi connectivity index (χ0v) is 13.8. The van der Waals surface area contributed by atoms with Crippen LogP contribution in [0.25, 0.3) is 0 Å². The van der Waals surface area contributed by atoms with Gasteiger partial charge in [0.25, 0.3) is 0 Å². The van der Waals surface area contributed by atoms with Crippen LogP contribution in [-0.2, 0) is 16.4 Å². The molecule has 1 N–H and O–H groups in total. The normalized spacial score (nSPS) is 12.4. The Labute approximate surface area is 122 Å². The standard InChI is InChI=1S/C14H25N3O2S/c1-14(2,3)16-10-12-6-7-15-11-13(12)17(4)8-9-20(5,18)19/h6-7,11,16H,8-10H2,1-5H3. The highest BCUT2D eigenvalue weighted by molar-refractivity contribution is 7.90. The van der Waals surface area contributed by atoms with Crippen LogP contribution in [0.2, 0.25) is 0 Å². The van der Waals surface area contributed by atoms with E-state index in [2.05, 4.69) is 31.1 Å². The van der Waals surface area contributed by atoms with E-state index in [1.54, 1.807) is 12.4 Å². The second-order valence-corrected chi connectivity index (χ2v) is 8.42. The number of sulfone groups is 1. The quantitative estimate of drug-likeness (QED) is 0.861. The molecule has 0 saturated carbocycles. The first-order valence-electron chi connectivity index (χ1n) is 6.65. The number of hydrogen-bond acceptors (Lipinski definition) is 5. The van der Waals surface area contributed by atoms with Gasteiger partial charge in [0.15, 0.2) is 0 Å². The number of nitrogens with zero attached hydrogens (tertiary/aromatic N) is 2. The van der Waals surface area contributed by atoms with Crippen LogP contribution < -0.4 is 10.2 Å². The van der Waals surface area contributed by atoms with Gasteiger partial charge in [0.05, 0.1) is 17.6 Å². The smallest absolute Gasteiger partial charge is 0.149 e. The molecule has 0 fully saturated rings. The van der Waals surface area contributed by atoms with Crippen molar-refractivity contribution < 1.29 is 8.42 Å². The average Bonchev–Trinajstić information content (AvgIpc) is 2.32. The van der Waals surface area contributed by atoms with Gasteiger partial charge in [-0.05, 0) is 32.4 Å². The summed E-state index contributed by atoms with van der Waals surface area (Å²) in [7, 11) is -1.06. The summed E-state index contributed by atoms with van der Waals surface area (Å²) in [5.74, 6) is 0.143. The molecule has 0 radical (unpaired) electrons. The van der Waals surface area contributed by atoms with Gasteiger partial charge in [-0.3, -0.25) is 4.98 Å². The molecule has 1 rings (SSSR count). The molecule has 0 saturated heterocycles. The zero-order valence-electron chi connectivity index (χ0n) is 13.0. The molecule has 1 aromatic heterocycles. The zero-order chi connectivity index (χ0) is 15.4. The van der Waals surface area contributed by atoms with E-state index in [4.69, 9.17) is 0 Å². The predicted molar refractivity (Wildman–Crippen MR) is 83.8 cm³/mol. The molecule has 1 heterocycles. The van der Waals surface area contributed by atoms with E-state index in [1.807, 2.05) is 18.0 Å². The minimum Gasteiger partial charge on any atom is -0.372 e. The monoisotopic (exact) mass is 299 g/mol. The molecule has 0 aliphatic heterocycles. The van der Waals surface area contributed by atoms with E-state index >= 15 is 0 Å². The van der Waals surface area contributed by atoms with E-state index < -0.39 is 9.84 Å². The fraction of sp³-hybridized carbons (Fsp3) is 0.643. The van der Waals surface area contributed by atoms with Crippen molar-refractivity contribution in [3.8, 4) is 0 Å².